The second-order valence-corrected chi connectivity index (χ2v) is 9.27. The van der Waals surface area contributed by atoms with Crippen LogP contribution in [0.15, 0.2) is 60.7 Å². The number of carbonyl (C=O) groups is 2. The number of piperidine rings is 1. The molecule has 2 aromatic carbocycles. The Labute approximate surface area is 182 Å². The van der Waals surface area contributed by atoms with Crippen LogP contribution in [-0.4, -0.2) is 52.0 Å². The van der Waals surface area contributed by atoms with Crippen molar-refractivity contribution in [2.75, 3.05) is 30.7 Å². The summed E-state index contributed by atoms with van der Waals surface area (Å²) in [6.07, 6.45) is 5.15. The molecular weight excluding hydrogens is 394 g/mol. The number of amides is 3. The Morgan fingerprint density at radius 1 is 1.03 bits per heavy atom. The molecule has 0 unspecified atom stereocenters. The van der Waals surface area contributed by atoms with E-state index >= 15 is 0 Å². The van der Waals surface area contributed by atoms with Gasteiger partial charge < -0.3 is 15.1 Å². The maximum absolute atomic E-state index is 12.9. The average Bonchev–Trinajstić information content (AvgIpc) is 3.16. The van der Waals surface area contributed by atoms with Crippen LogP contribution in [0.25, 0.3) is 6.08 Å². The van der Waals surface area contributed by atoms with Gasteiger partial charge >= 0.3 is 6.03 Å². The summed E-state index contributed by atoms with van der Waals surface area (Å²) < 4.78 is 0. The van der Waals surface area contributed by atoms with Gasteiger partial charge in [-0.1, -0.05) is 42.5 Å². The third-order valence-electron chi connectivity index (χ3n) is 5.76. The SMILES string of the molecule is Cc1cccc(NC(=O)N2CCC3(CC2)SCCN3C(=O)C=Cc2ccccc2)c1. The third-order valence-corrected chi connectivity index (χ3v) is 7.32. The lowest BCUT2D eigenvalue weighted by Crippen LogP contribution is -2.53. The summed E-state index contributed by atoms with van der Waals surface area (Å²) in [6.45, 7) is 4.07. The number of rotatable bonds is 3. The zero-order valence-electron chi connectivity index (χ0n) is 17.2. The van der Waals surface area contributed by atoms with Gasteiger partial charge in [0, 0.05) is 37.2 Å². The normalized spacial score (nSPS) is 18.2. The predicted molar refractivity (Wildman–Crippen MR) is 123 cm³/mol. The molecule has 0 atom stereocenters. The summed E-state index contributed by atoms with van der Waals surface area (Å²) in [6, 6.07) is 17.6. The lowest BCUT2D eigenvalue weighted by Gasteiger charge is -2.43. The number of aryl methyl sites for hydroxylation is 1. The summed E-state index contributed by atoms with van der Waals surface area (Å²) in [4.78, 5) is 29.3. The molecule has 5 nitrogen and oxygen atoms in total. The number of benzene rings is 2. The summed E-state index contributed by atoms with van der Waals surface area (Å²) in [5.41, 5.74) is 2.96. The largest absolute Gasteiger partial charge is 0.324 e. The van der Waals surface area contributed by atoms with Crippen molar-refractivity contribution >= 4 is 35.5 Å². The van der Waals surface area contributed by atoms with Gasteiger partial charge in [-0.05, 0) is 49.1 Å². The van der Waals surface area contributed by atoms with E-state index in [9.17, 15) is 9.59 Å². The van der Waals surface area contributed by atoms with Gasteiger partial charge in [0.25, 0.3) is 0 Å². The van der Waals surface area contributed by atoms with Crippen LogP contribution in [0.3, 0.4) is 0 Å². The molecule has 4 rings (SSSR count). The quantitative estimate of drug-likeness (QED) is 0.737. The summed E-state index contributed by atoms with van der Waals surface area (Å²) >= 11 is 1.86. The van der Waals surface area contributed by atoms with Crippen LogP contribution >= 0.6 is 11.8 Å². The van der Waals surface area contributed by atoms with Gasteiger partial charge in [0.05, 0.1) is 4.87 Å². The smallest absolute Gasteiger partial charge is 0.321 e. The Balaban J connectivity index is 1.37. The van der Waals surface area contributed by atoms with E-state index < -0.39 is 0 Å². The number of anilines is 1. The number of nitrogens with one attached hydrogen (secondary N) is 1. The van der Waals surface area contributed by atoms with E-state index in [-0.39, 0.29) is 16.8 Å². The molecule has 2 heterocycles. The molecule has 156 valence electrons. The fourth-order valence-electron chi connectivity index (χ4n) is 4.14. The van der Waals surface area contributed by atoms with Crippen molar-refractivity contribution in [1.82, 2.24) is 9.80 Å². The molecule has 1 N–H and O–H groups in total. The maximum Gasteiger partial charge on any atom is 0.321 e. The molecule has 0 saturated carbocycles. The fraction of sp³-hybridized carbons (Fsp3) is 0.333. The highest BCUT2D eigenvalue weighted by Crippen LogP contribution is 2.44. The molecule has 2 aliphatic heterocycles. The second kappa shape index (κ2) is 8.96. The Morgan fingerprint density at radius 3 is 2.53 bits per heavy atom. The summed E-state index contributed by atoms with van der Waals surface area (Å²) in [5.74, 6) is 1.00. The minimum atomic E-state index is -0.196. The Hall–Kier alpha value is -2.73. The van der Waals surface area contributed by atoms with E-state index in [4.69, 9.17) is 0 Å². The maximum atomic E-state index is 12.9. The molecule has 3 amide bonds. The van der Waals surface area contributed by atoms with Gasteiger partial charge in [0.2, 0.25) is 5.91 Å². The number of hydrogen-bond donors (Lipinski definition) is 1. The summed E-state index contributed by atoms with van der Waals surface area (Å²) in [7, 11) is 0. The Bertz CT molecular complexity index is 936. The number of likely N-dealkylation sites (tertiary alicyclic amines) is 1. The van der Waals surface area contributed by atoms with Crippen LogP contribution in [0.2, 0.25) is 0 Å². The van der Waals surface area contributed by atoms with E-state index in [1.165, 1.54) is 0 Å². The number of carbonyl (C=O) groups excluding carboxylic acids is 2. The molecule has 0 aromatic heterocycles. The van der Waals surface area contributed by atoms with Crippen molar-refractivity contribution in [3.8, 4) is 0 Å². The highest BCUT2D eigenvalue weighted by molar-refractivity contribution is 8.00. The zero-order chi connectivity index (χ0) is 21.0. The van der Waals surface area contributed by atoms with Crippen molar-refractivity contribution in [2.45, 2.75) is 24.6 Å². The fourth-order valence-corrected chi connectivity index (χ4v) is 5.60. The lowest BCUT2D eigenvalue weighted by molar-refractivity contribution is -0.129. The van der Waals surface area contributed by atoms with Crippen LogP contribution in [0.4, 0.5) is 10.5 Å². The Kier molecular flexibility index (Phi) is 6.13. The van der Waals surface area contributed by atoms with Crippen LogP contribution in [0, 0.1) is 6.92 Å². The summed E-state index contributed by atoms with van der Waals surface area (Å²) in [5, 5.41) is 2.99. The molecule has 0 bridgehead atoms. The molecule has 1 spiro atoms. The van der Waals surface area contributed by atoms with E-state index in [1.54, 1.807) is 6.08 Å². The van der Waals surface area contributed by atoms with E-state index in [1.807, 2.05) is 89.2 Å². The monoisotopic (exact) mass is 421 g/mol. The van der Waals surface area contributed by atoms with Gasteiger partial charge in [-0.25, -0.2) is 4.79 Å². The number of urea groups is 1. The van der Waals surface area contributed by atoms with Gasteiger partial charge in [-0.2, -0.15) is 0 Å². The first-order valence-electron chi connectivity index (χ1n) is 10.4. The lowest BCUT2D eigenvalue weighted by atomic mass is 10.0. The first-order valence-corrected chi connectivity index (χ1v) is 11.4. The van der Waals surface area contributed by atoms with Crippen molar-refractivity contribution in [3.63, 3.8) is 0 Å². The van der Waals surface area contributed by atoms with Gasteiger partial charge in [0.1, 0.15) is 0 Å². The standard InChI is InChI=1S/C24H27N3O2S/c1-19-6-5-9-21(18-19)25-23(29)26-14-12-24(13-15-26)27(16-17-30-24)22(28)11-10-20-7-3-2-4-8-20/h2-11,18H,12-17H2,1H3,(H,25,29). The molecule has 6 heteroatoms. The van der Waals surface area contributed by atoms with E-state index in [0.717, 1.165) is 42.0 Å². The topological polar surface area (TPSA) is 52.7 Å². The van der Waals surface area contributed by atoms with Gasteiger partial charge in [0.15, 0.2) is 0 Å². The van der Waals surface area contributed by atoms with Gasteiger partial charge in [-0.15, -0.1) is 11.8 Å². The molecule has 2 aromatic rings. The van der Waals surface area contributed by atoms with Crippen LogP contribution < -0.4 is 5.32 Å². The van der Waals surface area contributed by atoms with Crippen molar-refractivity contribution in [2.24, 2.45) is 0 Å². The van der Waals surface area contributed by atoms with E-state index in [2.05, 4.69) is 5.32 Å². The van der Waals surface area contributed by atoms with Crippen molar-refractivity contribution < 1.29 is 9.59 Å². The molecule has 0 aliphatic carbocycles. The highest BCUT2D eigenvalue weighted by atomic mass is 32.2. The number of hydrogen-bond acceptors (Lipinski definition) is 3. The number of thioether (sulfide) groups is 1. The molecule has 2 saturated heterocycles. The van der Waals surface area contributed by atoms with Crippen LogP contribution in [0.1, 0.15) is 24.0 Å². The average molecular weight is 422 g/mol. The van der Waals surface area contributed by atoms with Crippen LogP contribution in [-0.2, 0) is 4.79 Å². The second-order valence-electron chi connectivity index (χ2n) is 7.82. The van der Waals surface area contributed by atoms with Crippen molar-refractivity contribution in [1.29, 1.82) is 0 Å². The number of nitrogens with zero attached hydrogens (tertiary/aromatic N) is 2. The highest BCUT2D eigenvalue weighted by Gasteiger charge is 2.46. The minimum Gasteiger partial charge on any atom is -0.324 e. The Morgan fingerprint density at radius 2 is 1.80 bits per heavy atom. The predicted octanol–water partition coefficient (Wildman–Crippen LogP) is 4.61. The van der Waals surface area contributed by atoms with Gasteiger partial charge in [-0.3, -0.25) is 4.79 Å². The zero-order valence-corrected chi connectivity index (χ0v) is 18.0. The molecule has 0 radical (unpaired) electrons. The van der Waals surface area contributed by atoms with Crippen molar-refractivity contribution in [3.05, 3.63) is 71.8 Å². The first kappa shape index (κ1) is 20.5. The molecule has 2 fully saturated rings. The third kappa shape index (κ3) is 4.54. The molecular formula is C24H27N3O2S. The van der Waals surface area contributed by atoms with E-state index in [0.29, 0.717) is 13.1 Å². The molecule has 30 heavy (non-hydrogen) atoms. The minimum absolute atomic E-state index is 0.0570. The van der Waals surface area contributed by atoms with Crippen LogP contribution in [0.5, 0.6) is 0 Å². The molecule has 2 aliphatic rings. The first-order chi connectivity index (χ1) is 14.6.